The van der Waals surface area contributed by atoms with Crippen LogP contribution in [0, 0.1) is 11.3 Å². The van der Waals surface area contributed by atoms with Gasteiger partial charge in [0.2, 0.25) is 0 Å². The minimum Gasteiger partial charge on any atom is -0.391 e. The van der Waals surface area contributed by atoms with Gasteiger partial charge in [-0.1, -0.05) is 13.5 Å². The Bertz CT molecular complexity index is 401. The molecule has 0 fully saturated rings. The second-order valence-corrected chi connectivity index (χ2v) is 4.44. The Kier molecular flexibility index (Phi) is 4.87. The lowest BCUT2D eigenvalue weighted by Gasteiger charge is -2.03. The van der Waals surface area contributed by atoms with Gasteiger partial charge < -0.3 is 10.6 Å². The fourth-order valence-electron chi connectivity index (χ4n) is 1.66. The molecule has 3 nitrogen and oxygen atoms in total. The lowest BCUT2D eigenvalue weighted by molar-refractivity contribution is 0.828. The summed E-state index contributed by atoms with van der Waals surface area (Å²) in [5.41, 5.74) is 1.98. The van der Waals surface area contributed by atoms with Gasteiger partial charge in [-0.3, -0.25) is 0 Å². The van der Waals surface area contributed by atoms with Gasteiger partial charge in [0.25, 0.3) is 0 Å². The minimum atomic E-state index is 0.801. The van der Waals surface area contributed by atoms with Crippen molar-refractivity contribution >= 4 is 16.3 Å². The molecule has 86 valence electrons. The number of anilines is 1. The third-order valence-electron chi connectivity index (χ3n) is 2.41. The highest BCUT2D eigenvalue weighted by Crippen LogP contribution is 2.33. The fourth-order valence-corrected chi connectivity index (χ4v) is 2.75. The summed E-state index contributed by atoms with van der Waals surface area (Å²) in [5, 5.41) is 16.3. The summed E-state index contributed by atoms with van der Waals surface area (Å²) >= 11 is 1.68. The van der Waals surface area contributed by atoms with Crippen molar-refractivity contribution in [3.63, 3.8) is 0 Å². The molecule has 0 saturated heterocycles. The molecule has 0 amide bonds. The third kappa shape index (κ3) is 2.56. The van der Waals surface area contributed by atoms with Crippen LogP contribution in [0.25, 0.3) is 0 Å². The van der Waals surface area contributed by atoms with Crippen molar-refractivity contribution in [3.8, 4) is 6.07 Å². The van der Waals surface area contributed by atoms with Crippen LogP contribution in [0.15, 0.2) is 12.8 Å². The van der Waals surface area contributed by atoms with Crippen LogP contribution in [0.2, 0.25) is 0 Å². The van der Waals surface area contributed by atoms with E-state index in [2.05, 4.69) is 30.2 Å². The summed E-state index contributed by atoms with van der Waals surface area (Å²) < 4.78 is 0. The highest BCUT2D eigenvalue weighted by atomic mass is 32.1. The Hall–Kier alpha value is -1.47. The quantitative estimate of drug-likeness (QED) is 0.745. The van der Waals surface area contributed by atoms with Crippen molar-refractivity contribution in [1.29, 1.82) is 5.26 Å². The van der Waals surface area contributed by atoms with E-state index in [1.165, 1.54) is 10.4 Å². The van der Waals surface area contributed by atoms with Gasteiger partial charge in [-0.05, 0) is 24.6 Å². The lowest BCUT2D eigenvalue weighted by atomic mass is 10.1. The largest absolute Gasteiger partial charge is 0.391 e. The molecule has 0 radical (unpaired) electrons. The molecular weight excluding hydrogens is 218 g/mol. The predicted molar refractivity (Wildman–Crippen MR) is 69.9 cm³/mol. The molecule has 0 atom stereocenters. The fraction of sp³-hybridized carbons (Fsp3) is 0.417. The molecule has 0 aliphatic carbocycles. The van der Waals surface area contributed by atoms with Gasteiger partial charge in [0, 0.05) is 18.5 Å². The first kappa shape index (κ1) is 12.6. The van der Waals surface area contributed by atoms with E-state index in [-0.39, 0.29) is 0 Å². The predicted octanol–water partition coefficient (Wildman–Crippen LogP) is 2.50. The molecule has 0 bridgehead atoms. The molecule has 4 heteroatoms. The van der Waals surface area contributed by atoms with E-state index in [9.17, 15) is 5.26 Å². The number of rotatable bonds is 6. The van der Waals surface area contributed by atoms with Crippen LogP contribution >= 0.6 is 11.3 Å². The van der Waals surface area contributed by atoms with E-state index in [0.29, 0.717) is 0 Å². The topological polar surface area (TPSA) is 47.8 Å². The van der Waals surface area contributed by atoms with Crippen molar-refractivity contribution in [3.05, 3.63) is 28.8 Å². The summed E-state index contributed by atoms with van der Waals surface area (Å²) in [6, 6.07) is 2.29. The number of thiophene rings is 1. The zero-order valence-corrected chi connectivity index (χ0v) is 10.6. The Balaban J connectivity index is 2.98. The molecule has 0 unspecified atom stereocenters. The van der Waals surface area contributed by atoms with Gasteiger partial charge in [0.05, 0.1) is 5.56 Å². The van der Waals surface area contributed by atoms with E-state index in [1.807, 2.05) is 7.05 Å². The maximum Gasteiger partial charge on any atom is 0.107 e. The molecule has 0 aromatic carbocycles. The van der Waals surface area contributed by atoms with Crippen LogP contribution in [0.1, 0.15) is 22.9 Å². The van der Waals surface area contributed by atoms with E-state index < -0.39 is 0 Å². The van der Waals surface area contributed by atoms with Crippen molar-refractivity contribution < 1.29 is 0 Å². The van der Waals surface area contributed by atoms with Gasteiger partial charge in [0.1, 0.15) is 11.1 Å². The second kappa shape index (κ2) is 6.19. The Morgan fingerprint density at radius 1 is 1.56 bits per heavy atom. The van der Waals surface area contributed by atoms with Crippen LogP contribution < -0.4 is 10.6 Å². The average molecular weight is 235 g/mol. The maximum atomic E-state index is 9.17. The molecule has 1 aromatic heterocycles. The van der Waals surface area contributed by atoms with Gasteiger partial charge in [-0.25, -0.2) is 0 Å². The first-order chi connectivity index (χ1) is 7.78. The first-order valence-electron chi connectivity index (χ1n) is 5.35. The number of aryl methyl sites for hydroxylation is 1. The normalized spacial score (nSPS) is 9.56. The average Bonchev–Trinajstić information content (AvgIpc) is 2.66. The van der Waals surface area contributed by atoms with E-state index in [4.69, 9.17) is 0 Å². The number of nitriles is 1. The molecule has 2 N–H and O–H groups in total. The summed E-state index contributed by atoms with van der Waals surface area (Å²) in [5.74, 6) is 0. The zero-order valence-electron chi connectivity index (χ0n) is 9.76. The van der Waals surface area contributed by atoms with Crippen molar-refractivity contribution in [2.75, 3.05) is 18.9 Å². The number of hydrogen-bond acceptors (Lipinski definition) is 4. The standard InChI is InChI=1S/C12H17N3S/c1-4-11-9(6-7-15-5-2)10(8-13)12(14-3)16-11/h5,14-15H,2,4,6-7H2,1,3H3. The summed E-state index contributed by atoms with van der Waals surface area (Å²) in [6.07, 6.45) is 3.53. The summed E-state index contributed by atoms with van der Waals surface area (Å²) in [7, 11) is 1.86. The van der Waals surface area contributed by atoms with Crippen LogP contribution in [0.3, 0.4) is 0 Å². The molecule has 16 heavy (non-hydrogen) atoms. The molecule has 0 aliphatic rings. The molecule has 1 rings (SSSR count). The van der Waals surface area contributed by atoms with Gasteiger partial charge >= 0.3 is 0 Å². The smallest absolute Gasteiger partial charge is 0.107 e. The summed E-state index contributed by atoms with van der Waals surface area (Å²) in [6.45, 7) is 6.56. The monoisotopic (exact) mass is 235 g/mol. The van der Waals surface area contributed by atoms with Crippen molar-refractivity contribution in [2.45, 2.75) is 19.8 Å². The van der Waals surface area contributed by atoms with Crippen molar-refractivity contribution in [1.82, 2.24) is 5.32 Å². The number of hydrogen-bond donors (Lipinski definition) is 2. The molecular formula is C12H17N3S. The SMILES string of the molecule is C=CNCCc1c(CC)sc(NC)c1C#N. The van der Waals surface area contributed by atoms with Gasteiger partial charge in [0.15, 0.2) is 0 Å². The van der Waals surface area contributed by atoms with Crippen LogP contribution in [0.5, 0.6) is 0 Å². The molecule has 0 spiro atoms. The van der Waals surface area contributed by atoms with Gasteiger partial charge in [-0.2, -0.15) is 5.26 Å². The van der Waals surface area contributed by atoms with Crippen molar-refractivity contribution in [2.24, 2.45) is 0 Å². The Morgan fingerprint density at radius 2 is 2.31 bits per heavy atom. The Labute approximate surface area is 101 Å². The van der Waals surface area contributed by atoms with Crippen LogP contribution in [-0.2, 0) is 12.8 Å². The van der Waals surface area contributed by atoms with Gasteiger partial charge in [-0.15, -0.1) is 11.3 Å². The molecule has 1 aromatic rings. The van der Waals surface area contributed by atoms with Crippen LogP contribution in [-0.4, -0.2) is 13.6 Å². The molecule has 1 heterocycles. The minimum absolute atomic E-state index is 0.801. The Morgan fingerprint density at radius 3 is 2.81 bits per heavy atom. The maximum absolute atomic E-state index is 9.17. The number of nitrogens with one attached hydrogen (secondary N) is 2. The second-order valence-electron chi connectivity index (χ2n) is 3.33. The van der Waals surface area contributed by atoms with E-state index in [0.717, 1.165) is 30.0 Å². The number of nitrogens with zero attached hydrogens (tertiary/aromatic N) is 1. The molecule has 0 saturated carbocycles. The van der Waals surface area contributed by atoms with E-state index >= 15 is 0 Å². The molecule has 0 aliphatic heterocycles. The lowest BCUT2D eigenvalue weighted by Crippen LogP contribution is -2.10. The highest BCUT2D eigenvalue weighted by molar-refractivity contribution is 7.16. The van der Waals surface area contributed by atoms with E-state index in [1.54, 1.807) is 17.5 Å². The zero-order chi connectivity index (χ0) is 12.0. The highest BCUT2D eigenvalue weighted by Gasteiger charge is 2.15. The third-order valence-corrected chi connectivity index (χ3v) is 3.81. The van der Waals surface area contributed by atoms with Crippen LogP contribution in [0.4, 0.5) is 5.00 Å². The first-order valence-corrected chi connectivity index (χ1v) is 6.16. The summed E-state index contributed by atoms with van der Waals surface area (Å²) in [4.78, 5) is 1.30.